The predicted octanol–water partition coefficient (Wildman–Crippen LogP) is 5.34. The summed E-state index contributed by atoms with van der Waals surface area (Å²) >= 11 is 0. The van der Waals surface area contributed by atoms with Crippen LogP contribution in [0, 0.1) is 5.92 Å². The maximum Gasteiger partial charge on any atom is 0.416 e. The van der Waals surface area contributed by atoms with Crippen molar-refractivity contribution in [2.45, 2.75) is 37.0 Å². The van der Waals surface area contributed by atoms with Crippen LogP contribution in [0.3, 0.4) is 0 Å². The lowest BCUT2D eigenvalue weighted by Gasteiger charge is -2.25. The van der Waals surface area contributed by atoms with Crippen molar-refractivity contribution >= 4 is 0 Å². The van der Waals surface area contributed by atoms with Gasteiger partial charge in [0.1, 0.15) is 0 Å². The van der Waals surface area contributed by atoms with Crippen LogP contribution in [0.4, 0.5) is 26.3 Å². The quantitative estimate of drug-likeness (QED) is 0.698. The van der Waals surface area contributed by atoms with Gasteiger partial charge in [-0.25, -0.2) is 0 Å². The van der Waals surface area contributed by atoms with E-state index in [0.717, 1.165) is 24.1 Å². The van der Waals surface area contributed by atoms with Gasteiger partial charge in [-0.3, -0.25) is 0 Å². The maximum absolute atomic E-state index is 13.0. The molecule has 1 saturated heterocycles. The number of alkyl halides is 6. The van der Waals surface area contributed by atoms with E-state index in [1.165, 1.54) is 0 Å². The largest absolute Gasteiger partial charge is 0.416 e. The van der Waals surface area contributed by atoms with E-state index in [4.69, 9.17) is 4.74 Å². The second-order valence-electron chi connectivity index (χ2n) is 7.31. The molecule has 2 aliphatic rings. The zero-order valence-corrected chi connectivity index (χ0v) is 14.6. The molecule has 0 aromatic heterocycles. The molecule has 2 fully saturated rings. The number of rotatable bonds is 4. The first-order valence-corrected chi connectivity index (χ1v) is 8.80. The van der Waals surface area contributed by atoms with Gasteiger partial charge >= 0.3 is 12.4 Å². The van der Waals surface area contributed by atoms with E-state index >= 15 is 0 Å². The highest BCUT2D eigenvalue weighted by atomic mass is 19.4. The molecule has 0 bridgehead atoms. The summed E-state index contributed by atoms with van der Waals surface area (Å²) in [6.07, 6.45) is -9.00. The van der Waals surface area contributed by atoms with Crippen molar-refractivity contribution in [1.82, 2.24) is 5.32 Å². The van der Waals surface area contributed by atoms with Crippen molar-refractivity contribution in [2.24, 2.45) is 5.92 Å². The molecule has 0 spiro atoms. The maximum atomic E-state index is 13.0. The minimum Gasteiger partial charge on any atom is -0.368 e. The van der Waals surface area contributed by atoms with Crippen LogP contribution in [0.5, 0.6) is 0 Å². The molecule has 1 aliphatic heterocycles. The van der Waals surface area contributed by atoms with Gasteiger partial charge in [0.05, 0.1) is 29.4 Å². The highest BCUT2D eigenvalue weighted by molar-refractivity contribution is 5.34. The second-order valence-corrected chi connectivity index (χ2v) is 7.31. The van der Waals surface area contributed by atoms with Gasteiger partial charge in [0.15, 0.2) is 0 Å². The minimum absolute atomic E-state index is 0.131. The topological polar surface area (TPSA) is 21.3 Å². The van der Waals surface area contributed by atoms with Gasteiger partial charge in [-0.2, -0.15) is 26.3 Å². The SMILES string of the molecule is FC(F)(F)c1cc(COC23CC2CNC3c2ccccc2)cc(C(F)(F)F)c1. The number of nitrogens with one attached hydrogen (secondary N) is 1. The van der Waals surface area contributed by atoms with Crippen molar-refractivity contribution in [3.05, 3.63) is 70.8 Å². The molecule has 0 amide bonds. The lowest BCUT2D eigenvalue weighted by molar-refractivity contribution is -0.143. The van der Waals surface area contributed by atoms with Crippen LogP contribution >= 0.6 is 0 Å². The number of piperidine rings is 1. The number of hydrogen-bond donors (Lipinski definition) is 1. The highest BCUT2D eigenvalue weighted by Crippen LogP contribution is 2.58. The molecule has 4 rings (SSSR count). The smallest absolute Gasteiger partial charge is 0.368 e. The molecule has 3 atom stereocenters. The Bertz CT molecular complexity index is 831. The molecule has 0 radical (unpaired) electrons. The van der Waals surface area contributed by atoms with Crippen LogP contribution < -0.4 is 5.32 Å². The molecule has 8 heteroatoms. The van der Waals surface area contributed by atoms with Gasteiger partial charge in [-0.1, -0.05) is 30.3 Å². The van der Waals surface area contributed by atoms with Crippen LogP contribution in [0.15, 0.2) is 48.5 Å². The van der Waals surface area contributed by atoms with Crippen molar-refractivity contribution in [3.8, 4) is 0 Å². The average molecular weight is 401 g/mol. The molecule has 1 heterocycles. The number of fused-ring (bicyclic) bond motifs is 1. The van der Waals surface area contributed by atoms with E-state index in [1.54, 1.807) is 0 Å². The summed E-state index contributed by atoms with van der Waals surface area (Å²) in [6, 6.07) is 10.9. The third-order valence-corrected chi connectivity index (χ3v) is 5.44. The average Bonchev–Trinajstić information content (AvgIpc) is 3.23. The number of halogens is 6. The summed E-state index contributed by atoms with van der Waals surface area (Å²) < 4.78 is 84.1. The summed E-state index contributed by atoms with van der Waals surface area (Å²) in [5, 5.41) is 3.34. The van der Waals surface area contributed by atoms with Crippen molar-refractivity contribution < 1.29 is 31.1 Å². The Morgan fingerprint density at radius 3 is 2.07 bits per heavy atom. The molecular formula is C20H17F6NO. The second kappa shape index (κ2) is 6.49. The van der Waals surface area contributed by atoms with E-state index in [2.05, 4.69) is 5.32 Å². The molecule has 1 aliphatic carbocycles. The number of hydrogen-bond acceptors (Lipinski definition) is 2. The van der Waals surface area contributed by atoms with Gasteiger partial charge in [0.25, 0.3) is 0 Å². The van der Waals surface area contributed by atoms with E-state index in [-0.39, 0.29) is 30.2 Å². The van der Waals surface area contributed by atoms with Gasteiger partial charge < -0.3 is 10.1 Å². The van der Waals surface area contributed by atoms with E-state index in [0.29, 0.717) is 6.54 Å². The van der Waals surface area contributed by atoms with Gasteiger partial charge in [-0.05, 0) is 35.7 Å². The van der Waals surface area contributed by atoms with Crippen molar-refractivity contribution in [1.29, 1.82) is 0 Å². The highest BCUT2D eigenvalue weighted by Gasteiger charge is 2.64. The zero-order chi connectivity index (χ0) is 20.2. The number of benzene rings is 2. The molecule has 2 nitrogen and oxygen atoms in total. The first-order chi connectivity index (χ1) is 13.1. The Morgan fingerprint density at radius 2 is 1.54 bits per heavy atom. The fourth-order valence-corrected chi connectivity index (χ4v) is 3.98. The third kappa shape index (κ3) is 3.51. The van der Waals surface area contributed by atoms with Crippen LogP contribution in [0.1, 0.15) is 34.7 Å². The van der Waals surface area contributed by atoms with Crippen LogP contribution in [0.25, 0.3) is 0 Å². The number of ether oxygens (including phenoxy) is 1. The lowest BCUT2D eigenvalue weighted by atomic mass is 10.0. The van der Waals surface area contributed by atoms with Gasteiger partial charge in [0.2, 0.25) is 0 Å². The molecule has 1 saturated carbocycles. The Balaban J connectivity index is 1.58. The monoisotopic (exact) mass is 401 g/mol. The minimum atomic E-state index is -4.86. The fourth-order valence-electron chi connectivity index (χ4n) is 3.98. The molecule has 3 unspecified atom stereocenters. The fraction of sp³-hybridized carbons (Fsp3) is 0.400. The summed E-state index contributed by atoms with van der Waals surface area (Å²) in [6.45, 7) is 0.393. The first-order valence-electron chi connectivity index (χ1n) is 8.80. The van der Waals surface area contributed by atoms with E-state index < -0.39 is 29.1 Å². The zero-order valence-electron chi connectivity index (χ0n) is 14.6. The Hall–Kier alpha value is -2.06. The van der Waals surface area contributed by atoms with Gasteiger partial charge in [0, 0.05) is 12.5 Å². The molecule has 28 heavy (non-hydrogen) atoms. The summed E-state index contributed by atoms with van der Waals surface area (Å²) in [7, 11) is 0. The van der Waals surface area contributed by atoms with Crippen LogP contribution in [0.2, 0.25) is 0 Å². The Morgan fingerprint density at radius 1 is 0.929 bits per heavy atom. The van der Waals surface area contributed by atoms with Crippen molar-refractivity contribution in [3.63, 3.8) is 0 Å². The summed E-state index contributed by atoms with van der Waals surface area (Å²) in [5.74, 6) is 0.200. The molecule has 1 N–H and O–H groups in total. The molecule has 2 aromatic rings. The van der Waals surface area contributed by atoms with E-state index in [1.807, 2.05) is 30.3 Å². The molecular weight excluding hydrogens is 384 g/mol. The molecule has 150 valence electrons. The van der Waals surface area contributed by atoms with Crippen LogP contribution in [-0.2, 0) is 23.7 Å². The van der Waals surface area contributed by atoms with Gasteiger partial charge in [-0.15, -0.1) is 0 Å². The molecule has 2 aromatic carbocycles. The standard InChI is InChI=1S/C20H17F6NO/c21-19(22,23)14-6-12(7-15(8-14)20(24,25)26)11-28-18-9-16(18)10-27-17(18)13-4-2-1-3-5-13/h1-8,16-17,27H,9-11H2. The van der Waals surface area contributed by atoms with Crippen molar-refractivity contribution in [2.75, 3.05) is 6.54 Å². The first kappa shape index (κ1) is 19.3. The normalized spacial score (nSPS) is 26.9. The predicted molar refractivity (Wildman–Crippen MR) is 89.3 cm³/mol. The summed E-state index contributed by atoms with van der Waals surface area (Å²) in [4.78, 5) is 0. The Labute approximate surface area is 157 Å². The van der Waals surface area contributed by atoms with Crippen LogP contribution in [-0.4, -0.2) is 12.1 Å². The Kier molecular flexibility index (Phi) is 4.46. The van der Waals surface area contributed by atoms with E-state index in [9.17, 15) is 26.3 Å². The lowest BCUT2D eigenvalue weighted by Crippen LogP contribution is -2.29. The summed E-state index contributed by atoms with van der Waals surface area (Å²) in [5.41, 5.74) is -2.39. The third-order valence-electron chi connectivity index (χ3n) is 5.44.